The molecule has 8 nitrogen and oxygen atoms in total. The Balaban J connectivity index is 1.46. The largest absolute Gasteiger partial charge is 0.493 e. The van der Waals surface area contributed by atoms with Crippen LogP contribution in [0.25, 0.3) is 33.7 Å². The molecular weight excluding hydrogens is 451 g/mol. The predicted molar refractivity (Wildman–Crippen MR) is 131 cm³/mol. The average Bonchev–Trinajstić information content (AvgIpc) is 3.35. The van der Waals surface area contributed by atoms with Crippen molar-refractivity contribution in [2.24, 2.45) is 13.0 Å². The molecule has 0 bridgehead atoms. The fourth-order valence-electron chi connectivity index (χ4n) is 4.10. The van der Waals surface area contributed by atoms with Gasteiger partial charge in [-0.15, -0.1) is 0 Å². The number of morpholine rings is 1. The Morgan fingerprint density at radius 3 is 2.60 bits per heavy atom. The topological polar surface area (TPSA) is 82.6 Å². The van der Waals surface area contributed by atoms with Crippen LogP contribution in [0.1, 0.15) is 13.8 Å². The van der Waals surface area contributed by atoms with Gasteiger partial charge < -0.3 is 23.5 Å². The molecule has 0 atom stereocenters. The molecule has 1 saturated heterocycles. The van der Waals surface area contributed by atoms with E-state index in [4.69, 9.17) is 14.0 Å². The second-order valence-corrected chi connectivity index (χ2v) is 9.06. The first-order chi connectivity index (χ1) is 16.9. The highest BCUT2D eigenvalue weighted by Gasteiger charge is 2.21. The number of ether oxygens (including phenoxy) is 2. The Hall–Kier alpha value is -3.72. The number of aryl methyl sites for hydroxylation is 1. The maximum absolute atomic E-state index is 15.0. The molecule has 2 aromatic carbocycles. The van der Waals surface area contributed by atoms with E-state index >= 15 is 4.39 Å². The van der Waals surface area contributed by atoms with Crippen molar-refractivity contribution in [3.05, 3.63) is 58.6 Å². The number of pyridine rings is 1. The van der Waals surface area contributed by atoms with Crippen molar-refractivity contribution in [2.45, 2.75) is 13.8 Å². The third kappa shape index (κ3) is 4.64. The molecule has 0 amide bonds. The van der Waals surface area contributed by atoms with Gasteiger partial charge in [-0.2, -0.15) is 4.98 Å². The number of benzene rings is 2. The molecule has 1 fully saturated rings. The standard InChI is InChI=1S/C26H27FN4O4/c1-16(2)15-34-18-6-4-17(5-7-18)25-28-26(35-29-25)20-14-30(3)22-13-23(31-8-10-33-11-9-31)21(27)12-19(22)24(20)32/h4-7,12-14,16H,8-11,15H2,1-3H3. The third-order valence-corrected chi connectivity index (χ3v) is 5.96. The summed E-state index contributed by atoms with van der Waals surface area (Å²) in [7, 11) is 1.80. The van der Waals surface area contributed by atoms with Crippen LogP contribution in [0.3, 0.4) is 0 Å². The van der Waals surface area contributed by atoms with Gasteiger partial charge in [0.1, 0.15) is 17.1 Å². The molecule has 3 heterocycles. The summed E-state index contributed by atoms with van der Waals surface area (Å²) >= 11 is 0. The van der Waals surface area contributed by atoms with Crippen molar-refractivity contribution in [3.8, 4) is 28.6 Å². The molecule has 0 saturated carbocycles. The van der Waals surface area contributed by atoms with Gasteiger partial charge in [-0.05, 0) is 42.3 Å². The van der Waals surface area contributed by atoms with Crippen LogP contribution in [0.5, 0.6) is 5.75 Å². The Kier molecular flexibility index (Phi) is 6.25. The van der Waals surface area contributed by atoms with E-state index in [-0.39, 0.29) is 22.3 Å². The molecule has 0 radical (unpaired) electrons. The van der Waals surface area contributed by atoms with Gasteiger partial charge in [0.25, 0.3) is 5.89 Å². The molecule has 5 rings (SSSR count). The van der Waals surface area contributed by atoms with E-state index in [9.17, 15) is 4.79 Å². The van der Waals surface area contributed by atoms with E-state index in [0.29, 0.717) is 55.9 Å². The van der Waals surface area contributed by atoms with Crippen molar-refractivity contribution in [2.75, 3.05) is 37.8 Å². The molecule has 9 heteroatoms. The highest BCUT2D eigenvalue weighted by atomic mass is 19.1. The minimum Gasteiger partial charge on any atom is -0.493 e. The van der Waals surface area contributed by atoms with Crippen LogP contribution in [0.2, 0.25) is 0 Å². The van der Waals surface area contributed by atoms with Crippen LogP contribution < -0.4 is 15.1 Å². The van der Waals surface area contributed by atoms with Crippen LogP contribution in [0.15, 0.2) is 51.9 Å². The summed E-state index contributed by atoms with van der Waals surface area (Å²) in [4.78, 5) is 19.6. The monoisotopic (exact) mass is 478 g/mol. The van der Waals surface area contributed by atoms with Crippen LogP contribution in [-0.2, 0) is 11.8 Å². The third-order valence-electron chi connectivity index (χ3n) is 5.96. The Morgan fingerprint density at radius 1 is 1.14 bits per heavy atom. The average molecular weight is 479 g/mol. The highest BCUT2D eigenvalue weighted by Crippen LogP contribution is 2.28. The van der Waals surface area contributed by atoms with Gasteiger partial charge in [-0.1, -0.05) is 19.0 Å². The first-order valence-corrected chi connectivity index (χ1v) is 11.6. The summed E-state index contributed by atoms with van der Waals surface area (Å²) in [6.45, 7) is 7.10. The number of anilines is 1. The molecule has 0 aliphatic carbocycles. The fourth-order valence-corrected chi connectivity index (χ4v) is 4.10. The lowest BCUT2D eigenvalue weighted by Crippen LogP contribution is -2.36. The lowest BCUT2D eigenvalue weighted by molar-refractivity contribution is 0.122. The Morgan fingerprint density at radius 2 is 1.89 bits per heavy atom. The summed E-state index contributed by atoms with van der Waals surface area (Å²) in [6.07, 6.45) is 1.64. The summed E-state index contributed by atoms with van der Waals surface area (Å²) in [5.74, 6) is 1.18. The fraction of sp³-hybridized carbons (Fsp3) is 0.346. The van der Waals surface area contributed by atoms with E-state index < -0.39 is 5.82 Å². The zero-order chi connectivity index (χ0) is 24.5. The number of hydrogen-bond donors (Lipinski definition) is 0. The summed E-state index contributed by atoms with van der Waals surface area (Å²) in [5, 5.41) is 4.30. The molecule has 1 aliphatic heterocycles. The molecule has 182 valence electrons. The number of rotatable bonds is 6. The number of aromatic nitrogens is 3. The molecule has 2 aromatic heterocycles. The number of fused-ring (bicyclic) bond motifs is 1. The van der Waals surface area contributed by atoms with Gasteiger partial charge in [-0.25, -0.2) is 4.39 Å². The van der Waals surface area contributed by atoms with E-state index in [1.54, 1.807) is 23.9 Å². The van der Waals surface area contributed by atoms with Crippen LogP contribution in [0.4, 0.5) is 10.1 Å². The molecule has 35 heavy (non-hydrogen) atoms. The zero-order valence-electron chi connectivity index (χ0n) is 20.0. The van der Waals surface area contributed by atoms with Crippen molar-refractivity contribution in [1.29, 1.82) is 0 Å². The van der Waals surface area contributed by atoms with Crippen molar-refractivity contribution in [3.63, 3.8) is 0 Å². The predicted octanol–water partition coefficient (Wildman–Crippen LogP) is 4.27. The first-order valence-electron chi connectivity index (χ1n) is 11.6. The molecule has 4 aromatic rings. The number of hydrogen-bond acceptors (Lipinski definition) is 7. The van der Waals surface area contributed by atoms with Crippen molar-refractivity contribution < 1.29 is 18.4 Å². The van der Waals surface area contributed by atoms with Gasteiger partial charge in [0, 0.05) is 37.3 Å². The first kappa shape index (κ1) is 23.0. The quantitative estimate of drug-likeness (QED) is 0.409. The summed E-state index contributed by atoms with van der Waals surface area (Å²) in [6, 6.07) is 10.4. The summed E-state index contributed by atoms with van der Waals surface area (Å²) in [5.41, 5.74) is 1.67. The van der Waals surface area contributed by atoms with Crippen LogP contribution in [0, 0.1) is 11.7 Å². The lowest BCUT2D eigenvalue weighted by Gasteiger charge is -2.29. The SMILES string of the molecule is CC(C)COc1ccc(-c2noc(-c3cn(C)c4cc(N5CCOCC5)c(F)cc4c3=O)n2)cc1. The lowest BCUT2D eigenvalue weighted by atomic mass is 10.1. The van der Waals surface area contributed by atoms with Gasteiger partial charge in [0.05, 0.1) is 31.0 Å². The van der Waals surface area contributed by atoms with E-state index in [0.717, 1.165) is 11.3 Å². The van der Waals surface area contributed by atoms with E-state index in [1.807, 2.05) is 29.2 Å². The Bertz CT molecular complexity index is 1410. The van der Waals surface area contributed by atoms with Crippen molar-refractivity contribution >= 4 is 16.6 Å². The maximum Gasteiger partial charge on any atom is 0.263 e. The molecule has 0 unspecified atom stereocenters. The zero-order valence-corrected chi connectivity index (χ0v) is 20.0. The van der Waals surface area contributed by atoms with Gasteiger partial charge in [-0.3, -0.25) is 4.79 Å². The molecular formula is C26H27FN4O4. The second kappa shape index (κ2) is 9.50. The van der Waals surface area contributed by atoms with E-state index in [2.05, 4.69) is 24.0 Å². The van der Waals surface area contributed by atoms with E-state index in [1.165, 1.54) is 6.07 Å². The smallest absolute Gasteiger partial charge is 0.263 e. The molecule has 0 spiro atoms. The van der Waals surface area contributed by atoms with Gasteiger partial charge in [0.2, 0.25) is 11.3 Å². The molecule has 1 aliphatic rings. The number of halogens is 1. The normalized spacial score (nSPS) is 14.1. The second-order valence-electron chi connectivity index (χ2n) is 9.06. The van der Waals surface area contributed by atoms with Crippen molar-refractivity contribution in [1.82, 2.24) is 14.7 Å². The highest BCUT2D eigenvalue weighted by molar-refractivity contribution is 5.86. The van der Waals surface area contributed by atoms with Gasteiger partial charge >= 0.3 is 0 Å². The van der Waals surface area contributed by atoms with Crippen LogP contribution >= 0.6 is 0 Å². The minimum absolute atomic E-state index is 0.0836. The molecule has 0 N–H and O–H groups in total. The number of nitrogens with zero attached hydrogens (tertiary/aromatic N) is 4. The minimum atomic E-state index is -0.445. The maximum atomic E-state index is 15.0. The van der Waals surface area contributed by atoms with Gasteiger partial charge in [0.15, 0.2) is 0 Å². The summed E-state index contributed by atoms with van der Waals surface area (Å²) < 4.78 is 33.3. The van der Waals surface area contributed by atoms with Crippen LogP contribution in [-0.4, -0.2) is 47.6 Å². The Labute approximate surface area is 201 Å².